The molecule has 4 aliphatic rings. The second kappa shape index (κ2) is 24.4. The highest BCUT2D eigenvalue weighted by Gasteiger charge is 2.52. The quantitative estimate of drug-likeness (QED) is 0.180. The van der Waals surface area contributed by atoms with E-state index in [0.717, 1.165) is 12.7 Å². The first-order valence-electron chi connectivity index (χ1n) is 22.7. The molecule has 63 heavy (non-hydrogen) atoms. The van der Waals surface area contributed by atoms with E-state index >= 15 is 0 Å². The molecule has 4 heterocycles. The summed E-state index contributed by atoms with van der Waals surface area (Å²) in [5.74, 6) is -2.12. The predicted octanol–water partition coefficient (Wildman–Crippen LogP) is 3.29. The van der Waals surface area contributed by atoms with Gasteiger partial charge in [-0.05, 0) is 93.9 Å². The summed E-state index contributed by atoms with van der Waals surface area (Å²) in [5.41, 5.74) is -1.49. The number of hydrogen-bond donors (Lipinski definition) is 3. The minimum atomic E-state index is -1.49. The van der Waals surface area contributed by atoms with Crippen LogP contribution in [0.25, 0.3) is 0 Å². The minimum absolute atomic E-state index is 0.0117. The van der Waals surface area contributed by atoms with Crippen molar-refractivity contribution in [2.45, 2.75) is 204 Å². The average molecular weight is 899 g/mol. The molecule has 3 N–H and O–H groups in total. The van der Waals surface area contributed by atoms with E-state index in [4.69, 9.17) is 42.6 Å². The van der Waals surface area contributed by atoms with Crippen molar-refractivity contribution in [1.29, 1.82) is 0 Å². The number of likely N-dealkylation sites (N-methyl/N-ethyl adjacent to an activating group) is 2. The lowest BCUT2D eigenvalue weighted by molar-refractivity contribution is -0.344. The molecule has 4 aliphatic heterocycles. The van der Waals surface area contributed by atoms with Gasteiger partial charge in [0.05, 0.1) is 48.6 Å². The van der Waals surface area contributed by atoms with Gasteiger partial charge in [0.1, 0.15) is 42.9 Å². The van der Waals surface area contributed by atoms with Crippen molar-refractivity contribution >= 4 is 18.2 Å². The number of carbonyl (C=O) groups is 3. The van der Waals surface area contributed by atoms with E-state index in [9.17, 15) is 29.7 Å². The van der Waals surface area contributed by atoms with Crippen LogP contribution in [0.2, 0.25) is 0 Å². The van der Waals surface area contributed by atoms with E-state index in [1.54, 1.807) is 46.7 Å². The van der Waals surface area contributed by atoms with Crippen LogP contribution in [0.3, 0.4) is 0 Å². The molecule has 3 fully saturated rings. The van der Waals surface area contributed by atoms with Crippen molar-refractivity contribution in [2.75, 3.05) is 35.3 Å². The number of aldehydes is 1. The summed E-state index contributed by atoms with van der Waals surface area (Å²) in [5, 5.41) is 33.7. The lowest BCUT2D eigenvalue weighted by Gasteiger charge is -2.50. The highest BCUT2D eigenvalue weighted by molar-refractivity contribution is 5.72. The predicted molar refractivity (Wildman–Crippen MR) is 231 cm³/mol. The maximum Gasteiger partial charge on any atom is 0.309 e. The lowest BCUT2D eigenvalue weighted by atomic mass is 9.82. The minimum Gasteiger partial charge on any atom is -0.462 e. The van der Waals surface area contributed by atoms with Crippen LogP contribution < -0.4 is 0 Å². The summed E-state index contributed by atoms with van der Waals surface area (Å²) in [7, 11) is 9.04. The first-order valence-corrected chi connectivity index (χ1v) is 22.7. The van der Waals surface area contributed by atoms with Crippen LogP contribution in [0, 0.1) is 11.8 Å². The zero-order chi connectivity index (χ0) is 46.8. The monoisotopic (exact) mass is 899 g/mol. The van der Waals surface area contributed by atoms with Crippen LogP contribution in [-0.2, 0) is 57.0 Å². The van der Waals surface area contributed by atoms with Crippen LogP contribution in [0.1, 0.15) is 99.8 Å². The second-order valence-corrected chi connectivity index (χ2v) is 18.6. The third-order valence-electron chi connectivity index (χ3n) is 12.9. The van der Waals surface area contributed by atoms with Crippen molar-refractivity contribution in [3.8, 4) is 0 Å². The highest BCUT2D eigenvalue weighted by atomic mass is 16.7. The molecule has 0 radical (unpaired) electrons. The molecule has 0 aromatic rings. The summed E-state index contributed by atoms with van der Waals surface area (Å²) in [4.78, 5) is 43.2. The van der Waals surface area contributed by atoms with Crippen LogP contribution in [0.5, 0.6) is 0 Å². The molecule has 0 aromatic carbocycles. The van der Waals surface area contributed by atoms with Gasteiger partial charge in [-0.2, -0.15) is 0 Å². The molecule has 0 saturated carbocycles. The second-order valence-electron chi connectivity index (χ2n) is 18.6. The first kappa shape index (κ1) is 53.2. The molecule has 17 nitrogen and oxygen atoms in total. The van der Waals surface area contributed by atoms with Gasteiger partial charge in [-0.3, -0.25) is 9.59 Å². The van der Waals surface area contributed by atoms with Gasteiger partial charge in [0.2, 0.25) is 0 Å². The molecule has 19 atom stereocenters. The van der Waals surface area contributed by atoms with Crippen molar-refractivity contribution < 1.29 is 72.3 Å². The number of allylic oxidation sites excluding steroid dienone is 2. The zero-order valence-electron chi connectivity index (χ0n) is 39.6. The molecule has 0 spiro atoms. The Bertz CT molecular complexity index is 1490. The topological polar surface area (TPSA) is 201 Å². The molecule has 0 aliphatic carbocycles. The molecule has 17 heteroatoms. The molecule has 4 rings (SSSR count). The van der Waals surface area contributed by atoms with E-state index < -0.39 is 109 Å². The summed E-state index contributed by atoms with van der Waals surface area (Å²) in [6.07, 6.45) is -1.76. The van der Waals surface area contributed by atoms with E-state index in [2.05, 4.69) is 4.90 Å². The van der Waals surface area contributed by atoms with Crippen LogP contribution in [0.4, 0.5) is 0 Å². The molecule has 362 valence electrons. The Balaban J connectivity index is 1.74. The number of ether oxygens (including phenoxy) is 9. The summed E-state index contributed by atoms with van der Waals surface area (Å²) in [6.45, 7) is 12.4. The van der Waals surface area contributed by atoms with Crippen molar-refractivity contribution in [3.05, 3.63) is 24.3 Å². The largest absolute Gasteiger partial charge is 0.462 e. The Morgan fingerprint density at radius 3 is 2.21 bits per heavy atom. The van der Waals surface area contributed by atoms with E-state index in [0.29, 0.717) is 19.3 Å². The maximum atomic E-state index is 13.5. The SMILES string of the molecule is CCC(=O)OC1CC(=O)OC(C)C/C=C/C=C/C(OC2CCC(N(C)C)C(C)O2)C(C)CC(CC=O)C(OC2OC(C)C(OC3CC(C)(O)C(O)C(C)O3)C(N(C)C)C2O)C1OC. The smallest absolute Gasteiger partial charge is 0.309 e. The lowest BCUT2D eigenvalue weighted by Crippen LogP contribution is -2.65. The number of hydrogen-bond acceptors (Lipinski definition) is 17. The average Bonchev–Trinajstić information content (AvgIpc) is 3.19. The first-order chi connectivity index (χ1) is 29.7. The van der Waals surface area contributed by atoms with Crippen molar-refractivity contribution in [1.82, 2.24) is 9.80 Å². The Morgan fingerprint density at radius 2 is 1.60 bits per heavy atom. The fourth-order valence-electron chi connectivity index (χ4n) is 9.44. The van der Waals surface area contributed by atoms with Gasteiger partial charge in [0, 0.05) is 38.8 Å². The number of aliphatic hydroxyl groups excluding tert-OH is 2. The van der Waals surface area contributed by atoms with Gasteiger partial charge in [0.25, 0.3) is 0 Å². The number of cyclic esters (lactones) is 1. The van der Waals surface area contributed by atoms with Gasteiger partial charge < -0.3 is 72.5 Å². The van der Waals surface area contributed by atoms with Gasteiger partial charge in [-0.15, -0.1) is 0 Å². The Morgan fingerprint density at radius 1 is 0.905 bits per heavy atom. The highest BCUT2D eigenvalue weighted by Crippen LogP contribution is 2.38. The molecule has 3 saturated heterocycles. The number of rotatable bonds is 13. The Hall–Kier alpha value is -2.39. The van der Waals surface area contributed by atoms with Crippen molar-refractivity contribution in [2.24, 2.45) is 11.8 Å². The van der Waals surface area contributed by atoms with Gasteiger partial charge in [-0.1, -0.05) is 38.2 Å². The van der Waals surface area contributed by atoms with Crippen LogP contribution in [-0.4, -0.2) is 182 Å². The normalized spacial score (nSPS) is 43.5. The molecular weight excluding hydrogens is 821 g/mol. The van der Waals surface area contributed by atoms with Gasteiger partial charge in [-0.25, -0.2) is 0 Å². The molecule has 0 aromatic heterocycles. The third kappa shape index (κ3) is 14.5. The zero-order valence-corrected chi connectivity index (χ0v) is 39.6. The molecular formula is C46H78N2O15. The van der Waals surface area contributed by atoms with E-state index in [-0.39, 0.29) is 43.7 Å². The van der Waals surface area contributed by atoms with Gasteiger partial charge >= 0.3 is 11.9 Å². The summed E-state index contributed by atoms with van der Waals surface area (Å²) in [6, 6.07) is -0.510. The molecule has 19 unspecified atom stereocenters. The number of methoxy groups -OCH3 is 1. The Kier molecular flexibility index (Phi) is 20.6. The fraction of sp³-hybridized carbons (Fsp3) is 0.848. The standard InChI is InChI=1S/C46H78N2O15/c1-13-35(50)60-34-24-36(51)56-27(3)17-15-14-16-18-33(61-37-20-19-32(47(8)9)28(4)57-37)26(2)23-31(21-22-49)42(43(34)55-12)63-45-40(52)39(48(10)11)41(29(5)59-45)62-38-25-46(7,54)44(53)30(6)58-38/h14-16,18,22,26-34,37-45,52-54H,13,17,19-21,23-25H2,1-12H3/b15-14+,18-16+. The van der Waals surface area contributed by atoms with E-state index in [1.807, 2.05) is 52.2 Å². The molecule has 0 bridgehead atoms. The van der Waals surface area contributed by atoms with Crippen molar-refractivity contribution in [3.63, 3.8) is 0 Å². The summed E-state index contributed by atoms with van der Waals surface area (Å²) >= 11 is 0. The molecule has 0 amide bonds. The number of carbonyl (C=O) groups excluding carboxylic acids is 3. The van der Waals surface area contributed by atoms with Gasteiger partial charge in [0.15, 0.2) is 18.9 Å². The maximum absolute atomic E-state index is 13.5. The Labute approximate surface area is 374 Å². The fourth-order valence-corrected chi connectivity index (χ4v) is 9.44. The van der Waals surface area contributed by atoms with Crippen LogP contribution >= 0.6 is 0 Å². The number of esters is 2. The number of nitrogens with zero attached hydrogens (tertiary/aromatic N) is 2. The number of aliphatic hydroxyl groups is 3. The third-order valence-corrected chi connectivity index (χ3v) is 12.9. The van der Waals surface area contributed by atoms with Crippen LogP contribution in [0.15, 0.2) is 24.3 Å². The summed E-state index contributed by atoms with van der Waals surface area (Å²) < 4.78 is 56.7. The van der Waals surface area contributed by atoms with E-state index in [1.165, 1.54) is 14.0 Å².